The molecule has 2 fully saturated rings. The van der Waals surface area contributed by atoms with Gasteiger partial charge in [0.25, 0.3) is 5.91 Å². The highest BCUT2D eigenvalue weighted by atomic mass is 19.1. The number of hydrogen-bond acceptors (Lipinski definition) is 4. The maximum absolute atomic E-state index is 14.5. The Labute approximate surface area is 146 Å². The molecular weight excluding hydrogens is 319 g/mol. The third-order valence-corrected chi connectivity index (χ3v) is 5.34. The van der Waals surface area contributed by atoms with Crippen LogP contribution in [0.25, 0.3) is 11.0 Å². The molecule has 4 rings (SSSR count). The number of benzene rings is 1. The van der Waals surface area contributed by atoms with E-state index in [1.165, 1.54) is 37.6 Å². The molecule has 2 aliphatic rings. The lowest BCUT2D eigenvalue weighted by Gasteiger charge is -2.33. The second-order valence-electron chi connectivity index (χ2n) is 7.03. The fraction of sp³-hybridized carbons (Fsp3) is 0.526. The first-order chi connectivity index (χ1) is 12.2. The summed E-state index contributed by atoms with van der Waals surface area (Å²) < 4.78 is 14.5. The Morgan fingerprint density at radius 2 is 1.76 bits per heavy atom. The van der Waals surface area contributed by atoms with Crippen LogP contribution in [-0.2, 0) is 0 Å². The zero-order valence-corrected chi connectivity index (χ0v) is 14.3. The van der Waals surface area contributed by atoms with Crippen molar-refractivity contribution in [1.82, 2.24) is 19.8 Å². The lowest BCUT2D eigenvalue weighted by atomic mass is 10.1. The van der Waals surface area contributed by atoms with Gasteiger partial charge in [0, 0.05) is 37.6 Å². The van der Waals surface area contributed by atoms with Crippen LogP contribution in [0, 0.1) is 5.82 Å². The highest BCUT2D eigenvalue weighted by Crippen LogP contribution is 2.24. The van der Waals surface area contributed by atoms with Gasteiger partial charge in [0.2, 0.25) is 0 Å². The van der Waals surface area contributed by atoms with E-state index in [-0.39, 0.29) is 17.5 Å². The summed E-state index contributed by atoms with van der Waals surface area (Å²) in [5.74, 6) is -0.730. The summed E-state index contributed by atoms with van der Waals surface area (Å²) in [4.78, 5) is 25.6. The minimum atomic E-state index is -0.512. The van der Waals surface area contributed by atoms with Gasteiger partial charge in [0.15, 0.2) is 0 Å². The van der Waals surface area contributed by atoms with Crippen LogP contribution in [0.3, 0.4) is 0 Å². The number of carbonyl (C=O) groups is 1. The predicted octanol–water partition coefficient (Wildman–Crippen LogP) is 2.86. The number of piperidine rings is 1. The van der Waals surface area contributed by atoms with Crippen LogP contribution < -0.4 is 0 Å². The third kappa shape index (κ3) is 3.35. The van der Waals surface area contributed by atoms with Gasteiger partial charge < -0.3 is 9.80 Å². The molecule has 2 aliphatic heterocycles. The summed E-state index contributed by atoms with van der Waals surface area (Å²) in [6.45, 7) is 3.83. The van der Waals surface area contributed by atoms with E-state index in [2.05, 4.69) is 14.9 Å². The molecule has 0 unspecified atom stereocenters. The molecule has 2 aromatic rings. The van der Waals surface area contributed by atoms with E-state index >= 15 is 0 Å². The topological polar surface area (TPSA) is 49.3 Å². The van der Waals surface area contributed by atoms with Gasteiger partial charge in [0.1, 0.15) is 5.82 Å². The van der Waals surface area contributed by atoms with E-state index in [1.54, 1.807) is 6.20 Å². The molecule has 6 heteroatoms. The molecule has 0 bridgehead atoms. The van der Waals surface area contributed by atoms with Crippen molar-refractivity contribution in [1.29, 1.82) is 0 Å². The third-order valence-electron chi connectivity index (χ3n) is 5.34. The van der Waals surface area contributed by atoms with E-state index in [9.17, 15) is 9.18 Å². The Morgan fingerprint density at radius 3 is 2.52 bits per heavy atom. The number of nitrogens with zero attached hydrogens (tertiary/aromatic N) is 4. The van der Waals surface area contributed by atoms with Gasteiger partial charge >= 0.3 is 0 Å². The number of fused-ring (bicyclic) bond motifs is 1. The van der Waals surface area contributed by atoms with Crippen LogP contribution in [0.15, 0.2) is 24.5 Å². The Morgan fingerprint density at radius 1 is 1.04 bits per heavy atom. The average molecular weight is 342 g/mol. The van der Waals surface area contributed by atoms with Gasteiger partial charge in [-0.2, -0.15) is 0 Å². The Hall–Kier alpha value is -2.08. The standard InChI is InChI=1S/C19H23FN4O/c20-16-12-18-17(21-6-7-22-18)11-15(16)19(25)24-10-4-5-14(24)13-23-8-2-1-3-9-23/h6-7,11-12,14H,1-5,8-10,13H2/t14-/m0/s1. The minimum Gasteiger partial charge on any atom is -0.334 e. The molecular formula is C19H23FN4O. The SMILES string of the molecule is O=C(c1cc2nccnc2cc1F)N1CCC[C@H]1CN1CCCCC1. The van der Waals surface area contributed by atoms with Crippen molar-refractivity contribution < 1.29 is 9.18 Å². The van der Waals surface area contributed by atoms with Gasteiger partial charge in [-0.15, -0.1) is 0 Å². The van der Waals surface area contributed by atoms with Crippen molar-refractivity contribution in [2.75, 3.05) is 26.2 Å². The lowest BCUT2D eigenvalue weighted by molar-refractivity contribution is 0.0686. The molecule has 3 heterocycles. The van der Waals surface area contributed by atoms with Crippen LogP contribution in [0.4, 0.5) is 4.39 Å². The number of likely N-dealkylation sites (tertiary alicyclic amines) is 2. The number of rotatable bonds is 3. The maximum atomic E-state index is 14.5. The van der Waals surface area contributed by atoms with E-state index in [0.29, 0.717) is 17.6 Å². The van der Waals surface area contributed by atoms with Crippen molar-refractivity contribution in [3.05, 3.63) is 35.9 Å². The average Bonchev–Trinajstić information content (AvgIpc) is 3.09. The van der Waals surface area contributed by atoms with E-state index in [0.717, 1.165) is 32.5 Å². The molecule has 2 saturated heterocycles. The van der Waals surface area contributed by atoms with E-state index in [4.69, 9.17) is 0 Å². The molecule has 25 heavy (non-hydrogen) atoms. The molecule has 1 aromatic carbocycles. The molecule has 1 amide bonds. The number of amides is 1. The first kappa shape index (κ1) is 16.4. The van der Waals surface area contributed by atoms with Gasteiger partial charge in [-0.05, 0) is 44.8 Å². The summed E-state index contributed by atoms with van der Waals surface area (Å²) in [5, 5.41) is 0. The number of carbonyl (C=O) groups excluding carboxylic acids is 1. The molecule has 5 nitrogen and oxygen atoms in total. The fourth-order valence-corrected chi connectivity index (χ4v) is 4.04. The summed E-state index contributed by atoms with van der Waals surface area (Å²) in [6, 6.07) is 3.03. The summed E-state index contributed by atoms with van der Waals surface area (Å²) in [6.07, 6.45) is 8.84. The number of aromatic nitrogens is 2. The first-order valence-electron chi connectivity index (χ1n) is 9.16. The molecule has 0 aliphatic carbocycles. The van der Waals surface area contributed by atoms with Gasteiger partial charge in [-0.1, -0.05) is 6.42 Å². The van der Waals surface area contributed by atoms with Crippen molar-refractivity contribution in [3.8, 4) is 0 Å². The van der Waals surface area contributed by atoms with Crippen molar-refractivity contribution in [2.24, 2.45) is 0 Å². The van der Waals surface area contributed by atoms with Gasteiger partial charge in [-0.25, -0.2) is 4.39 Å². The monoisotopic (exact) mass is 342 g/mol. The Bertz CT molecular complexity index is 775. The summed E-state index contributed by atoms with van der Waals surface area (Å²) >= 11 is 0. The van der Waals surface area contributed by atoms with Crippen LogP contribution in [-0.4, -0.2) is 57.9 Å². The van der Waals surface area contributed by atoms with Gasteiger partial charge in [0.05, 0.1) is 16.6 Å². The van der Waals surface area contributed by atoms with Gasteiger partial charge in [-0.3, -0.25) is 14.8 Å². The number of hydrogen-bond donors (Lipinski definition) is 0. The molecule has 0 radical (unpaired) electrons. The first-order valence-corrected chi connectivity index (χ1v) is 9.16. The normalized spacial score (nSPS) is 21.8. The molecule has 1 aromatic heterocycles. The zero-order chi connectivity index (χ0) is 17.2. The van der Waals surface area contributed by atoms with Crippen molar-refractivity contribution in [3.63, 3.8) is 0 Å². The Balaban J connectivity index is 1.55. The van der Waals surface area contributed by atoms with Crippen LogP contribution >= 0.6 is 0 Å². The van der Waals surface area contributed by atoms with Crippen LogP contribution in [0.1, 0.15) is 42.5 Å². The second kappa shape index (κ2) is 7.04. The Kier molecular flexibility index (Phi) is 4.61. The highest BCUT2D eigenvalue weighted by molar-refractivity contribution is 5.97. The number of halogens is 1. The largest absolute Gasteiger partial charge is 0.334 e. The lowest BCUT2D eigenvalue weighted by Crippen LogP contribution is -2.44. The molecule has 0 saturated carbocycles. The van der Waals surface area contributed by atoms with Crippen LogP contribution in [0.5, 0.6) is 0 Å². The smallest absolute Gasteiger partial charge is 0.257 e. The molecule has 132 valence electrons. The van der Waals surface area contributed by atoms with E-state index in [1.807, 2.05) is 4.90 Å². The van der Waals surface area contributed by atoms with Crippen LogP contribution in [0.2, 0.25) is 0 Å². The maximum Gasteiger partial charge on any atom is 0.257 e. The molecule has 0 N–H and O–H groups in total. The summed E-state index contributed by atoms with van der Waals surface area (Å²) in [7, 11) is 0. The fourth-order valence-electron chi connectivity index (χ4n) is 4.04. The zero-order valence-electron chi connectivity index (χ0n) is 14.3. The molecule has 1 atom stereocenters. The molecule has 0 spiro atoms. The van der Waals surface area contributed by atoms with Crippen molar-refractivity contribution >= 4 is 16.9 Å². The predicted molar refractivity (Wildman–Crippen MR) is 93.8 cm³/mol. The second-order valence-corrected chi connectivity index (χ2v) is 7.03. The minimum absolute atomic E-state index is 0.110. The summed E-state index contributed by atoms with van der Waals surface area (Å²) in [5.41, 5.74) is 1.14. The van der Waals surface area contributed by atoms with E-state index < -0.39 is 5.82 Å². The van der Waals surface area contributed by atoms with Crippen molar-refractivity contribution in [2.45, 2.75) is 38.1 Å². The highest BCUT2D eigenvalue weighted by Gasteiger charge is 2.32. The quantitative estimate of drug-likeness (QED) is 0.861.